The summed E-state index contributed by atoms with van der Waals surface area (Å²) in [7, 11) is -3.84. The number of para-hydroxylation sites is 1. The molecule has 272 valence electrons. The molecule has 51 heavy (non-hydrogen) atoms. The van der Waals surface area contributed by atoms with E-state index in [0.717, 1.165) is 28.7 Å². The Kier molecular flexibility index (Phi) is 8.39. The first-order valence-corrected chi connectivity index (χ1v) is 19.6. The SMILES string of the molecule is Cc1c(-c2ncco2)sc2c1c(=O)n(C1(C(=O)CS(=O)(=O)C3(C)CC3)CC1)c(=O)n2C[C@H](OC1C[C@H]2CC[C@@H](C1)O2)c1ccccc1OC(F)F. The lowest BCUT2D eigenvalue weighted by molar-refractivity contribution is -0.121. The van der Waals surface area contributed by atoms with Crippen molar-refractivity contribution in [1.82, 2.24) is 14.1 Å². The van der Waals surface area contributed by atoms with Crippen molar-refractivity contribution in [3.63, 3.8) is 0 Å². The minimum absolute atomic E-state index is 0.00324. The number of ether oxygens (including phenoxy) is 3. The zero-order valence-corrected chi connectivity index (χ0v) is 29.6. The molecule has 4 atom stereocenters. The quantitative estimate of drug-likeness (QED) is 0.177. The number of hydrogen-bond acceptors (Lipinski definition) is 11. The lowest BCUT2D eigenvalue weighted by atomic mass is 10.0. The number of aromatic nitrogens is 3. The molecule has 2 saturated carbocycles. The van der Waals surface area contributed by atoms with E-state index in [1.807, 2.05) is 0 Å². The van der Waals surface area contributed by atoms with Crippen molar-refractivity contribution >= 4 is 37.2 Å². The van der Waals surface area contributed by atoms with Crippen LogP contribution in [0.3, 0.4) is 0 Å². The summed E-state index contributed by atoms with van der Waals surface area (Å²) >= 11 is 1.10. The highest BCUT2D eigenvalue weighted by Crippen LogP contribution is 2.48. The van der Waals surface area contributed by atoms with Crippen molar-refractivity contribution in [2.45, 2.75) is 113 Å². The maximum atomic E-state index is 14.8. The molecule has 3 aromatic heterocycles. The molecule has 8 rings (SSSR count). The molecule has 2 bridgehead atoms. The van der Waals surface area contributed by atoms with Gasteiger partial charge in [0.25, 0.3) is 5.56 Å². The summed E-state index contributed by atoms with van der Waals surface area (Å²) in [6.45, 7) is -0.0764. The average molecular weight is 746 g/mol. The maximum absolute atomic E-state index is 14.8. The number of alkyl halides is 2. The monoisotopic (exact) mass is 745 g/mol. The van der Waals surface area contributed by atoms with Crippen LogP contribution in [0.2, 0.25) is 0 Å². The maximum Gasteiger partial charge on any atom is 0.387 e. The Morgan fingerprint density at radius 3 is 2.45 bits per heavy atom. The van der Waals surface area contributed by atoms with E-state index in [9.17, 15) is 31.6 Å². The van der Waals surface area contributed by atoms with E-state index in [1.54, 1.807) is 32.0 Å². The number of thiophene rings is 1. The van der Waals surface area contributed by atoms with Gasteiger partial charge < -0.3 is 18.6 Å². The Morgan fingerprint density at radius 1 is 1.12 bits per heavy atom. The minimum atomic E-state index is -3.84. The van der Waals surface area contributed by atoms with Gasteiger partial charge in [-0.25, -0.2) is 22.8 Å². The van der Waals surface area contributed by atoms with Crippen LogP contribution in [-0.4, -0.2) is 63.7 Å². The van der Waals surface area contributed by atoms with Crippen molar-refractivity contribution in [2.24, 2.45) is 0 Å². The van der Waals surface area contributed by atoms with Crippen LogP contribution in [0.15, 0.2) is 50.7 Å². The van der Waals surface area contributed by atoms with Crippen LogP contribution in [-0.2, 0) is 36.2 Å². The number of oxazole rings is 1. The lowest BCUT2D eigenvalue weighted by Gasteiger charge is -2.32. The van der Waals surface area contributed by atoms with Crippen molar-refractivity contribution in [3.8, 4) is 16.5 Å². The number of nitrogens with zero attached hydrogens (tertiary/aromatic N) is 3. The Morgan fingerprint density at radius 2 is 1.82 bits per heavy atom. The molecule has 4 aliphatic rings. The van der Waals surface area contributed by atoms with Crippen molar-refractivity contribution in [3.05, 3.63) is 68.7 Å². The summed E-state index contributed by atoms with van der Waals surface area (Å²) in [6, 6.07) is 6.22. The molecule has 0 radical (unpaired) electrons. The van der Waals surface area contributed by atoms with Crippen molar-refractivity contribution in [2.75, 3.05) is 5.75 Å². The number of Topliss-reactive ketones (excluding diaryl/α,β-unsaturated/α-hetero) is 1. The first-order chi connectivity index (χ1) is 24.3. The number of fused-ring (bicyclic) bond motifs is 3. The number of sulfone groups is 1. The highest BCUT2D eigenvalue weighted by Gasteiger charge is 2.58. The van der Waals surface area contributed by atoms with Crippen LogP contribution in [0.5, 0.6) is 5.75 Å². The van der Waals surface area contributed by atoms with Gasteiger partial charge in [-0.1, -0.05) is 18.2 Å². The fourth-order valence-electron chi connectivity index (χ4n) is 7.62. The molecule has 2 saturated heterocycles. The molecule has 4 aromatic rings. The van der Waals surface area contributed by atoms with Gasteiger partial charge in [-0.2, -0.15) is 8.78 Å². The molecule has 0 spiro atoms. The molecule has 4 fully saturated rings. The fourth-order valence-corrected chi connectivity index (χ4v) is 10.5. The molecule has 1 unspecified atom stereocenters. The Labute approximate surface area is 295 Å². The van der Waals surface area contributed by atoms with Crippen LogP contribution in [0, 0.1) is 6.92 Å². The first kappa shape index (κ1) is 34.4. The first-order valence-electron chi connectivity index (χ1n) is 17.1. The zero-order chi connectivity index (χ0) is 35.9. The van der Waals surface area contributed by atoms with E-state index in [2.05, 4.69) is 4.98 Å². The van der Waals surface area contributed by atoms with Gasteiger partial charge in [0.2, 0.25) is 5.89 Å². The van der Waals surface area contributed by atoms with E-state index in [1.165, 1.54) is 23.1 Å². The number of carbonyl (C=O) groups excluding carboxylic acids is 1. The fraction of sp³-hybridized carbons (Fsp3) is 0.543. The largest absolute Gasteiger partial charge is 0.444 e. The summed E-state index contributed by atoms with van der Waals surface area (Å²) in [6.07, 6.45) is 5.53. The molecule has 0 N–H and O–H groups in total. The third-order valence-corrected chi connectivity index (χ3v) is 14.8. The summed E-state index contributed by atoms with van der Waals surface area (Å²) < 4.78 is 78.2. The average Bonchev–Trinajstić information content (AvgIpc) is 3.89. The second-order valence-corrected chi connectivity index (χ2v) is 17.9. The van der Waals surface area contributed by atoms with E-state index in [0.29, 0.717) is 36.1 Å². The number of benzene rings is 1. The minimum Gasteiger partial charge on any atom is -0.444 e. The van der Waals surface area contributed by atoms with E-state index >= 15 is 0 Å². The number of rotatable bonds is 13. The third-order valence-electron chi connectivity index (χ3n) is 11.0. The number of ketones is 1. The molecule has 5 heterocycles. The van der Waals surface area contributed by atoms with E-state index < -0.39 is 55.6 Å². The van der Waals surface area contributed by atoms with Gasteiger partial charge in [0.1, 0.15) is 34.2 Å². The molecule has 2 aliphatic carbocycles. The van der Waals surface area contributed by atoms with Crippen LogP contribution in [0.4, 0.5) is 8.78 Å². The van der Waals surface area contributed by atoms with Crippen LogP contribution >= 0.6 is 11.3 Å². The van der Waals surface area contributed by atoms with E-state index in [-0.39, 0.29) is 65.1 Å². The van der Waals surface area contributed by atoms with Crippen LogP contribution in [0.25, 0.3) is 21.0 Å². The smallest absolute Gasteiger partial charge is 0.387 e. The van der Waals surface area contributed by atoms with E-state index in [4.69, 9.17) is 18.6 Å². The molecule has 2 aliphatic heterocycles. The van der Waals surface area contributed by atoms with Crippen LogP contribution < -0.4 is 16.0 Å². The molecule has 0 amide bonds. The molecule has 1 aromatic carbocycles. The van der Waals surface area contributed by atoms with Gasteiger partial charge >= 0.3 is 12.3 Å². The van der Waals surface area contributed by atoms with Gasteiger partial charge in [-0.15, -0.1) is 11.3 Å². The Bertz CT molecular complexity index is 2230. The lowest BCUT2D eigenvalue weighted by Crippen LogP contribution is -2.50. The summed E-state index contributed by atoms with van der Waals surface area (Å²) in [5.41, 5.74) is -2.46. The number of aryl methyl sites for hydroxylation is 1. The third kappa shape index (κ3) is 5.97. The van der Waals surface area contributed by atoms with Gasteiger partial charge in [0.05, 0.1) is 46.1 Å². The predicted molar refractivity (Wildman–Crippen MR) is 182 cm³/mol. The van der Waals surface area contributed by atoms with Gasteiger partial charge in [0.15, 0.2) is 15.6 Å². The normalized spacial score (nSPS) is 23.8. The zero-order valence-electron chi connectivity index (χ0n) is 28.0. The van der Waals surface area contributed by atoms with Gasteiger partial charge in [0, 0.05) is 5.56 Å². The predicted octanol–water partition coefficient (Wildman–Crippen LogP) is 5.28. The summed E-state index contributed by atoms with van der Waals surface area (Å²) in [5, 5.41) is 0.142. The highest BCUT2D eigenvalue weighted by atomic mass is 32.2. The second-order valence-electron chi connectivity index (χ2n) is 14.4. The Hall–Kier alpha value is -3.73. The molecular formula is C35H37F2N3O9S2. The Balaban J connectivity index is 1.29. The second kappa shape index (κ2) is 12.5. The summed E-state index contributed by atoms with van der Waals surface area (Å²) in [4.78, 5) is 48.2. The molecular weight excluding hydrogens is 709 g/mol. The topological polar surface area (TPSA) is 149 Å². The molecule has 12 nitrogen and oxygen atoms in total. The van der Waals surface area contributed by atoms with Crippen molar-refractivity contribution < 1.29 is 40.6 Å². The number of carbonyl (C=O) groups is 1. The standard InChI is InChI=1S/C35H37F2N3O9S2/c1-19-27-30(42)40(35(11-12-35)26(41)18-51(44,45)34(2)9-10-34)33(43)39(31(27)50-28(19)29-38-13-14-46-29)17-25(23-5-3-4-6-24(23)49-32(36)37)48-22-15-20-7-8-21(16-22)47-20/h3-6,13-14,20-22,25,32H,7-12,15-18H2,1-2H3/t20-,21+,22?,25-/m0/s1. The summed E-state index contributed by atoms with van der Waals surface area (Å²) in [5.74, 6) is -1.39. The van der Waals surface area contributed by atoms with Crippen molar-refractivity contribution in [1.29, 1.82) is 0 Å². The van der Waals surface area contributed by atoms with Gasteiger partial charge in [-0.05, 0) is 76.8 Å². The highest BCUT2D eigenvalue weighted by molar-refractivity contribution is 7.93. The van der Waals surface area contributed by atoms with Crippen LogP contribution in [0.1, 0.15) is 75.5 Å². The number of halogens is 2. The molecule has 16 heteroatoms. The number of hydrogen-bond donors (Lipinski definition) is 0. The van der Waals surface area contributed by atoms with Gasteiger partial charge in [-0.3, -0.25) is 14.2 Å².